The molecule has 4 heterocycles. The molecule has 2 unspecified atom stereocenters. The van der Waals surface area contributed by atoms with Crippen molar-refractivity contribution in [2.45, 2.75) is 70.1 Å². The third kappa shape index (κ3) is 6.68. The summed E-state index contributed by atoms with van der Waals surface area (Å²) in [5.41, 5.74) is 0.891. The number of rotatable bonds is 7. The van der Waals surface area contributed by atoms with Crippen LogP contribution in [0.15, 0.2) is 49.1 Å². The van der Waals surface area contributed by atoms with E-state index >= 15 is 0 Å². The lowest BCUT2D eigenvalue weighted by molar-refractivity contribution is -0.126. The SMILES string of the molecule is CC(C)c1cc(N2CCN(C(=O)NC3CCCCC3)C(C(=O)NCC3COc4ccccc4O3)C2)nc(-n2ccnc2)n1. The number of aromatic nitrogens is 4. The highest BCUT2D eigenvalue weighted by molar-refractivity contribution is 5.88. The van der Waals surface area contributed by atoms with Crippen LogP contribution >= 0.6 is 0 Å². The Kier molecular flexibility index (Phi) is 8.62. The fraction of sp³-hybridized carbons (Fsp3) is 0.516. The van der Waals surface area contributed by atoms with E-state index in [2.05, 4.69) is 34.4 Å². The Morgan fingerprint density at radius 3 is 2.65 bits per heavy atom. The number of para-hydroxylation sites is 2. The average Bonchev–Trinajstić information content (AvgIpc) is 3.59. The number of fused-ring (bicyclic) bond motifs is 1. The number of hydrogen-bond acceptors (Lipinski definition) is 8. The summed E-state index contributed by atoms with van der Waals surface area (Å²) in [5, 5.41) is 6.24. The van der Waals surface area contributed by atoms with E-state index in [0.29, 0.717) is 49.5 Å². The third-order valence-electron chi connectivity index (χ3n) is 8.32. The molecule has 228 valence electrons. The molecule has 43 heavy (non-hydrogen) atoms. The number of anilines is 1. The smallest absolute Gasteiger partial charge is 0.318 e. The third-order valence-corrected chi connectivity index (χ3v) is 8.32. The van der Waals surface area contributed by atoms with Gasteiger partial charge in [-0.25, -0.2) is 14.8 Å². The van der Waals surface area contributed by atoms with Gasteiger partial charge in [0.15, 0.2) is 11.5 Å². The molecule has 3 aromatic rings. The van der Waals surface area contributed by atoms with Crippen molar-refractivity contribution in [1.29, 1.82) is 0 Å². The van der Waals surface area contributed by atoms with E-state index in [0.717, 1.165) is 31.4 Å². The maximum absolute atomic E-state index is 13.8. The number of carbonyl (C=O) groups excluding carboxylic acids is 2. The number of benzene rings is 1. The van der Waals surface area contributed by atoms with Crippen LogP contribution < -0.4 is 25.0 Å². The van der Waals surface area contributed by atoms with Gasteiger partial charge >= 0.3 is 6.03 Å². The van der Waals surface area contributed by atoms with Gasteiger partial charge in [0.2, 0.25) is 11.9 Å². The Hall–Kier alpha value is -4.35. The molecule has 1 aliphatic carbocycles. The minimum Gasteiger partial charge on any atom is -0.486 e. The predicted molar refractivity (Wildman–Crippen MR) is 161 cm³/mol. The van der Waals surface area contributed by atoms with Crippen molar-refractivity contribution in [2.24, 2.45) is 0 Å². The Balaban J connectivity index is 1.20. The molecule has 0 spiro atoms. The van der Waals surface area contributed by atoms with Gasteiger partial charge in [0.05, 0.1) is 12.2 Å². The Labute approximate surface area is 251 Å². The first kappa shape index (κ1) is 28.8. The minimum absolute atomic E-state index is 0.143. The van der Waals surface area contributed by atoms with Crippen molar-refractivity contribution in [3.63, 3.8) is 0 Å². The van der Waals surface area contributed by atoms with Crippen LogP contribution in [0.3, 0.4) is 0 Å². The second-order valence-electron chi connectivity index (χ2n) is 11.8. The second kappa shape index (κ2) is 12.9. The maximum Gasteiger partial charge on any atom is 0.318 e. The van der Waals surface area contributed by atoms with Crippen molar-refractivity contribution in [3.8, 4) is 17.4 Å². The minimum atomic E-state index is -0.719. The van der Waals surface area contributed by atoms with E-state index < -0.39 is 6.04 Å². The van der Waals surface area contributed by atoms with Gasteiger partial charge < -0.3 is 29.9 Å². The highest BCUT2D eigenvalue weighted by Crippen LogP contribution is 2.31. The lowest BCUT2D eigenvalue weighted by Gasteiger charge is -2.42. The molecule has 2 aromatic heterocycles. The monoisotopic (exact) mass is 588 g/mol. The lowest BCUT2D eigenvalue weighted by atomic mass is 9.95. The number of carbonyl (C=O) groups is 2. The van der Waals surface area contributed by atoms with Gasteiger partial charge in [-0.2, -0.15) is 4.98 Å². The molecule has 2 N–H and O–H groups in total. The zero-order chi connectivity index (χ0) is 29.8. The van der Waals surface area contributed by atoms with Gasteiger partial charge in [-0.1, -0.05) is 45.2 Å². The van der Waals surface area contributed by atoms with Crippen LogP contribution in [0.5, 0.6) is 11.5 Å². The molecule has 2 aliphatic heterocycles. The quantitative estimate of drug-likeness (QED) is 0.431. The van der Waals surface area contributed by atoms with Crippen LogP contribution in [-0.2, 0) is 4.79 Å². The molecule has 1 saturated carbocycles. The normalized spacial score (nSPS) is 20.6. The number of nitrogens with one attached hydrogen (secondary N) is 2. The first-order chi connectivity index (χ1) is 20.9. The molecule has 2 fully saturated rings. The number of ether oxygens (including phenoxy) is 2. The molecule has 12 nitrogen and oxygen atoms in total. The summed E-state index contributed by atoms with van der Waals surface area (Å²) in [6.07, 6.45) is 10.2. The number of imidazole rings is 1. The number of amides is 3. The van der Waals surface area contributed by atoms with Gasteiger partial charge in [0, 0.05) is 44.1 Å². The van der Waals surface area contributed by atoms with Crippen LogP contribution in [0.1, 0.15) is 57.6 Å². The van der Waals surface area contributed by atoms with Gasteiger partial charge in [0.25, 0.3) is 0 Å². The van der Waals surface area contributed by atoms with E-state index in [1.165, 1.54) is 6.42 Å². The summed E-state index contributed by atoms with van der Waals surface area (Å²) in [6.45, 7) is 5.98. The molecule has 12 heteroatoms. The zero-order valence-electron chi connectivity index (χ0n) is 24.8. The molecule has 6 rings (SSSR count). The summed E-state index contributed by atoms with van der Waals surface area (Å²) in [4.78, 5) is 44.8. The molecule has 1 aromatic carbocycles. The summed E-state index contributed by atoms with van der Waals surface area (Å²) >= 11 is 0. The van der Waals surface area contributed by atoms with Gasteiger partial charge in [-0.05, 0) is 30.9 Å². The van der Waals surface area contributed by atoms with Crippen LogP contribution in [0.25, 0.3) is 5.95 Å². The highest BCUT2D eigenvalue weighted by Gasteiger charge is 2.37. The van der Waals surface area contributed by atoms with E-state index in [1.807, 2.05) is 36.5 Å². The van der Waals surface area contributed by atoms with E-state index in [-0.39, 0.29) is 36.5 Å². The molecule has 2 atom stereocenters. The first-order valence-corrected chi connectivity index (χ1v) is 15.3. The summed E-state index contributed by atoms with van der Waals surface area (Å²) in [6, 6.07) is 8.70. The number of hydrogen-bond donors (Lipinski definition) is 2. The largest absolute Gasteiger partial charge is 0.486 e. The molecule has 0 bridgehead atoms. The molecule has 0 radical (unpaired) electrons. The summed E-state index contributed by atoms with van der Waals surface area (Å²) in [5.74, 6) is 2.52. The Bertz CT molecular complexity index is 1410. The van der Waals surface area contributed by atoms with Crippen molar-refractivity contribution < 1.29 is 19.1 Å². The fourth-order valence-electron chi connectivity index (χ4n) is 5.85. The molecule has 3 aliphatic rings. The molecule has 3 amide bonds. The summed E-state index contributed by atoms with van der Waals surface area (Å²) in [7, 11) is 0. The molecular weight excluding hydrogens is 548 g/mol. The Morgan fingerprint density at radius 1 is 1.07 bits per heavy atom. The van der Waals surface area contributed by atoms with E-state index in [1.54, 1.807) is 22.0 Å². The van der Waals surface area contributed by atoms with Crippen LogP contribution in [0, 0.1) is 0 Å². The van der Waals surface area contributed by atoms with Crippen LogP contribution in [0.2, 0.25) is 0 Å². The van der Waals surface area contributed by atoms with Crippen molar-refractivity contribution in [3.05, 3.63) is 54.7 Å². The van der Waals surface area contributed by atoms with Crippen molar-refractivity contribution >= 4 is 17.8 Å². The zero-order valence-corrected chi connectivity index (χ0v) is 24.8. The predicted octanol–water partition coefficient (Wildman–Crippen LogP) is 3.27. The Morgan fingerprint density at radius 2 is 1.88 bits per heavy atom. The van der Waals surface area contributed by atoms with Crippen molar-refractivity contribution in [2.75, 3.05) is 37.7 Å². The average molecular weight is 589 g/mol. The standard InChI is InChI=1S/C31H40N8O4/c1-21(2)24-16-28(36-30(35-24)38-13-12-32-20-38)37-14-15-39(31(41)34-22-8-4-3-5-9-22)25(18-37)29(40)33-17-23-19-42-26-10-6-7-11-27(26)43-23/h6-7,10-13,16,20-23,25H,3-5,8-9,14-15,17-19H2,1-2H3,(H,33,40)(H,34,41). The number of urea groups is 1. The van der Waals surface area contributed by atoms with E-state index in [4.69, 9.17) is 19.4 Å². The van der Waals surface area contributed by atoms with Crippen LogP contribution in [-0.4, -0.2) is 87.3 Å². The molecular formula is C31H40N8O4. The topological polar surface area (TPSA) is 127 Å². The van der Waals surface area contributed by atoms with Gasteiger partial charge in [-0.3, -0.25) is 9.36 Å². The number of piperazine rings is 1. The van der Waals surface area contributed by atoms with Gasteiger partial charge in [0.1, 0.15) is 30.9 Å². The van der Waals surface area contributed by atoms with E-state index in [9.17, 15) is 9.59 Å². The molecule has 1 saturated heterocycles. The lowest BCUT2D eigenvalue weighted by Crippen LogP contribution is -2.64. The maximum atomic E-state index is 13.8. The number of nitrogens with zero attached hydrogens (tertiary/aromatic N) is 6. The second-order valence-corrected chi connectivity index (χ2v) is 11.8. The fourth-order valence-corrected chi connectivity index (χ4v) is 5.85. The van der Waals surface area contributed by atoms with Crippen LogP contribution in [0.4, 0.5) is 10.6 Å². The van der Waals surface area contributed by atoms with Gasteiger partial charge in [-0.15, -0.1) is 0 Å². The summed E-state index contributed by atoms with van der Waals surface area (Å²) < 4.78 is 13.7. The first-order valence-electron chi connectivity index (χ1n) is 15.3. The van der Waals surface area contributed by atoms with Crippen molar-refractivity contribution in [1.82, 2.24) is 35.1 Å². The highest BCUT2D eigenvalue weighted by atomic mass is 16.6.